The van der Waals surface area contributed by atoms with E-state index in [0.717, 1.165) is 11.3 Å². The van der Waals surface area contributed by atoms with Crippen LogP contribution in [0.15, 0.2) is 60.7 Å². The third kappa shape index (κ3) is 3.83. The van der Waals surface area contributed by atoms with Gasteiger partial charge in [-0.15, -0.1) is 0 Å². The molecule has 0 aromatic heterocycles. The largest absolute Gasteiger partial charge is 0.364 e. The van der Waals surface area contributed by atoms with Crippen LogP contribution in [0.25, 0.3) is 0 Å². The van der Waals surface area contributed by atoms with Gasteiger partial charge in [-0.05, 0) is 17.7 Å². The van der Waals surface area contributed by atoms with Crippen LogP contribution in [-0.2, 0) is 11.3 Å². The van der Waals surface area contributed by atoms with Crippen LogP contribution in [0.3, 0.4) is 0 Å². The minimum atomic E-state index is -0.179. The lowest BCUT2D eigenvalue weighted by atomic mass is 10.2. The van der Waals surface area contributed by atoms with Crippen molar-refractivity contribution in [2.24, 2.45) is 0 Å². The Bertz CT molecular complexity index is 529. The molecule has 1 N–H and O–H groups in total. The molecule has 20 heavy (non-hydrogen) atoms. The minimum Gasteiger partial charge on any atom is -0.364 e. The van der Waals surface area contributed by atoms with Crippen molar-refractivity contribution in [1.82, 2.24) is 5.32 Å². The van der Waals surface area contributed by atoms with Gasteiger partial charge in [-0.25, -0.2) is 4.79 Å². The van der Waals surface area contributed by atoms with E-state index in [0.29, 0.717) is 6.54 Å². The Morgan fingerprint density at radius 1 is 1.05 bits per heavy atom. The summed E-state index contributed by atoms with van der Waals surface area (Å²) < 4.78 is 4.89. The first kappa shape index (κ1) is 14.1. The minimum absolute atomic E-state index is 0.179. The maximum atomic E-state index is 12.2. The summed E-state index contributed by atoms with van der Waals surface area (Å²) in [6.45, 7) is 0.706. The van der Waals surface area contributed by atoms with Crippen LogP contribution in [0, 0.1) is 0 Å². The molecule has 0 spiro atoms. The second-order valence-electron chi connectivity index (χ2n) is 4.32. The van der Waals surface area contributed by atoms with Crippen LogP contribution in [0.4, 0.5) is 10.5 Å². The molecule has 2 rings (SSSR count). The van der Waals surface area contributed by atoms with Crippen molar-refractivity contribution in [2.45, 2.75) is 6.54 Å². The summed E-state index contributed by atoms with van der Waals surface area (Å²) in [5.74, 6) is 0. The summed E-state index contributed by atoms with van der Waals surface area (Å²) >= 11 is 0. The van der Waals surface area contributed by atoms with Crippen molar-refractivity contribution >= 4 is 11.7 Å². The van der Waals surface area contributed by atoms with Gasteiger partial charge in [-0.3, -0.25) is 4.90 Å². The SMILES string of the molecule is COCNC(=O)N(Cc1ccccc1)c1ccccc1. The molecular weight excluding hydrogens is 252 g/mol. The molecule has 2 aromatic carbocycles. The van der Waals surface area contributed by atoms with E-state index in [1.165, 1.54) is 0 Å². The van der Waals surface area contributed by atoms with Gasteiger partial charge in [-0.2, -0.15) is 0 Å². The van der Waals surface area contributed by atoms with Gasteiger partial charge in [0.05, 0.1) is 6.54 Å². The van der Waals surface area contributed by atoms with Crippen molar-refractivity contribution in [3.8, 4) is 0 Å². The smallest absolute Gasteiger partial charge is 0.323 e. The molecule has 0 unspecified atom stereocenters. The molecule has 0 atom stereocenters. The fourth-order valence-electron chi connectivity index (χ4n) is 1.88. The molecule has 0 saturated carbocycles. The fourth-order valence-corrected chi connectivity index (χ4v) is 1.88. The Labute approximate surface area is 119 Å². The number of urea groups is 1. The van der Waals surface area contributed by atoms with Gasteiger partial charge >= 0.3 is 6.03 Å². The van der Waals surface area contributed by atoms with Crippen LogP contribution < -0.4 is 10.2 Å². The first-order valence-corrected chi connectivity index (χ1v) is 6.44. The van der Waals surface area contributed by atoms with E-state index in [1.54, 1.807) is 12.0 Å². The molecule has 0 saturated heterocycles. The van der Waals surface area contributed by atoms with Gasteiger partial charge in [-0.1, -0.05) is 48.5 Å². The zero-order valence-corrected chi connectivity index (χ0v) is 11.5. The zero-order chi connectivity index (χ0) is 14.2. The lowest BCUT2D eigenvalue weighted by molar-refractivity contribution is 0.174. The highest BCUT2D eigenvalue weighted by Crippen LogP contribution is 2.16. The highest BCUT2D eigenvalue weighted by atomic mass is 16.5. The molecule has 0 bridgehead atoms. The quantitative estimate of drug-likeness (QED) is 0.849. The van der Waals surface area contributed by atoms with Crippen LogP contribution in [-0.4, -0.2) is 19.9 Å². The van der Waals surface area contributed by atoms with Gasteiger partial charge < -0.3 is 10.1 Å². The van der Waals surface area contributed by atoms with E-state index in [1.807, 2.05) is 60.7 Å². The summed E-state index contributed by atoms with van der Waals surface area (Å²) in [5, 5.41) is 2.72. The number of carbonyl (C=O) groups excluding carboxylic acids is 1. The highest BCUT2D eigenvalue weighted by Gasteiger charge is 2.15. The highest BCUT2D eigenvalue weighted by molar-refractivity contribution is 5.91. The van der Waals surface area contributed by atoms with Crippen molar-refractivity contribution < 1.29 is 9.53 Å². The standard InChI is InChI=1S/C16H18N2O2/c1-20-13-17-16(19)18(15-10-6-3-7-11-15)12-14-8-4-2-5-9-14/h2-11H,12-13H2,1H3,(H,17,19). The summed E-state index contributed by atoms with van der Waals surface area (Å²) in [7, 11) is 1.55. The van der Waals surface area contributed by atoms with Gasteiger partial charge in [0.2, 0.25) is 0 Å². The van der Waals surface area contributed by atoms with Gasteiger partial charge in [0.15, 0.2) is 0 Å². The number of methoxy groups -OCH3 is 1. The maximum Gasteiger partial charge on any atom is 0.323 e. The number of benzene rings is 2. The van der Waals surface area contributed by atoms with Gasteiger partial charge in [0.25, 0.3) is 0 Å². The number of ether oxygens (including phenoxy) is 1. The van der Waals surface area contributed by atoms with E-state index >= 15 is 0 Å². The molecule has 104 valence electrons. The van der Waals surface area contributed by atoms with E-state index in [2.05, 4.69) is 5.32 Å². The molecular formula is C16H18N2O2. The van der Waals surface area contributed by atoms with Gasteiger partial charge in [0, 0.05) is 12.8 Å². The summed E-state index contributed by atoms with van der Waals surface area (Å²) in [5.41, 5.74) is 1.92. The maximum absolute atomic E-state index is 12.2. The summed E-state index contributed by atoms with van der Waals surface area (Å²) in [6, 6.07) is 19.3. The molecule has 0 aliphatic rings. The van der Waals surface area contributed by atoms with Crippen LogP contribution in [0.5, 0.6) is 0 Å². The molecule has 0 aliphatic heterocycles. The molecule has 4 heteroatoms. The number of amides is 2. The third-order valence-corrected chi connectivity index (χ3v) is 2.86. The number of hydrogen-bond donors (Lipinski definition) is 1. The second-order valence-corrected chi connectivity index (χ2v) is 4.32. The Balaban J connectivity index is 2.18. The number of nitrogens with one attached hydrogen (secondary N) is 1. The molecule has 0 aliphatic carbocycles. The number of nitrogens with zero attached hydrogens (tertiary/aromatic N) is 1. The average molecular weight is 270 g/mol. The zero-order valence-electron chi connectivity index (χ0n) is 11.5. The molecule has 0 radical (unpaired) electrons. The lowest BCUT2D eigenvalue weighted by Crippen LogP contribution is -2.40. The Hall–Kier alpha value is -2.33. The Kier molecular flexibility index (Phi) is 5.15. The molecule has 0 fully saturated rings. The number of carbonyl (C=O) groups is 1. The van der Waals surface area contributed by atoms with E-state index in [9.17, 15) is 4.79 Å². The van der Waals surface area contributed by atoms with E-state index in [-0.39, 0.29) is 12.8 Å². The van der Waals surface area contributed by atoms with Crippen LogP contribution >= 0.6 is 0 Å². The number of hydrogen-bond acceptors (Lipinski definition) is 2. The predicted octanol–water partition coefficient (Wildman–Crippen LogP) is 3.01. The average Bonchev–Trinajstić information content (AvgIpc) is 2.52. The van der Waals surface area contributed by atoms with Gasteiger partial charge in [0.1, 0.15) is 6.73 Å². The normalized spacial score (nSPS) is 10.1. The van der Waals surface area contributed by atoms with Crippen molar-refractivity contribution in [3.63, 3.8) is 0 Å². The molecule has 2 amide bonds. The summed E-state index contributed by atoms with van der Waals surface area (Å²) in [4.78, 5) is 13.9. The fraction of sp³-hybridized carbons (Fsp3) is 0.188. The van der Waals surface area contributed by atoms with Crippen LogP contribution in [0.1, 0.15) is 5.56 Å². The Morgan fingerprint density at radius 3 is 2.25 bits per heavy atom. The van der Waals surface area contributed by atoms with Crippen molar-refractivity contribution in [3.05, 3.63) is 66.2 Å². The van der Waals surface area contributed by atoms with Crippen LogP contribution in [0.2, 0.25) is 0 Å². The third-order valence-electron chi connectivity index (χ3n) is 2.86. The predicted molar refractivity (Wildman–Crippen MR) is 79.5 cm³/mol. The number of rotatable bonds is 5. The first-order chi connectivity index (χ1) is 9.81. The number of para-hydroxylation sites is 1. The van der Waals surface area contributed by atoms with Crippen molar-refractivity contribution in [1.29, 1.82) is 0 Å². The van der Waals surface area contributed by atoms with E-state index < -0.39 is 0 Å². The number of anilines is 1. The summed E-state index contributed by atoms with van der Waals surface area (Å²) in [6.07, 6.45) is 0. The second kappa shape index (κ2) is 7.31. The lowest BCUT2D eigenvalue weighted by Gasteiger charge is -2.23. The topological polar surface area (TPSA) is 41.6 Å². The Morgan fingerprint density at radius 2 is 1.65 bits per heavy atom. The first-order valence-electron chi connectivity index (χ1n) is 6.44. The van der Waals surface area contributed by atoms with E-state index in [4.69, 9.17) is 4.74 Å². The van der Waals surface area contributed by atoms with Crippen molar-refractivity contribution in [2.75, 3.05) is 18.7 Å². The molecule has 4 nitrogen and oxygen atoms in total. The molecule has 0 heterocycles. The monoisotopic (exact) mass is 270 g/mol. The molecule has 2 aromatic rings.